The lowest BCUT2D eigenvalue weighted by atomic mass is 9.95. The number of nitrogens with zero attached hydrogens (tertiary/aromatic N) is 3. The van der Waals surface area contributed by atoms with Crippen LogP contribution in [0.4, 0.5) is 5.00 Å². The predicted molar refractivity (Wildman–Crippen MR) is 152 cm³/mol. The highest BCUT2D eigenvalue weighted by molar-refractivity contribution is 7.99. The molecule has 0 bridgehead atoms. The Kier molecular flexibility index (Phi) is 10.3. The number of thiophene rings is 1. The number of hydrogen-bond donors (Lipinski definition) is 1. The van der Waals surface area contributed by atoms with Crippen LogP contribution in [0.5, 0.6) is 5.75 Å². The van der Waals surface area contributed by atoms with Crippen molar-refractivity contribution in [2.45, 2.75) is 64.1 Å². The molecule has 0 saturated carbocycles. The second-order valence-electron chi connectivity index (χ2n) is 8.64. The maximum Gasteiger partial charge on any atom is 0.341 e. The molecule has 2 heterocycles. The first kappa shape index (κ1) is 28.7. The first-order chi connectivity index (χ1) is 18.4. The Hall–Kier alpha value is -2.27. The summed E-state index contributed by atoms with van der Waals surface area (Å²) in [6.07, 6.45) is 5.29. The molecule has 4 rings (SSSR count). The maximum absolute atomic E-state index is 12.9. The second kappa shape index (κ2) is 13.7. The number of carbonyl (C=O) groups excluding carboxylic acids is 2. The van der Waals surface area contributed by atoms with Crippen LogP contribution in [0.25, 0.3) is 0 Å². The van der Waals surface area contributed by atoms with Gasteiger partial charge in [0.25, 0.3) is 0 Å². The lowest BCUT2D eigenvalue weighted by Gasteiger charge is -2.12. The third kappa shape index (κ3) is 7.02. The summed E-state index contributed by atoms with van der Waals surface area (Å²) in [5.41, 5.74) is 1.55. The molecule has 1 N–H and O–H groups in total. The van der Waals surface area contributed by atoms with Gasteiger partial charge in [-0.15, -0.1) is 21.5 Å². The first-order valence-corrected chi connectivity index (χ1v) is 15.2. The standard InChI is InChI=1S/C26H30Cl2N4O4S2/c1-3-32-21(10-7-13-36-19-12-11-16(27)14-18(19)28)30-31-26(32)37-15-22(33)29-24-23(25(34)35-4-2)17-8-5-6-9-20(17)38-24/h11-12,14H,3-10,13,15H2,1-2H3,(H,29,33). The average Bonchev–Trinajstić information content (AvgIpc) is 3.46. The van der Waals surface area contributed by atoms with E-state index in [0.717, 1.165) is 43.5 Å². The summed E-state index contributed by atoms with van der Waals surface area (Å²) in [6.45, 7) is 5.24. The van der Waals surface area contributed by atoms with Crippen LogP contribution in [0.15, 0.2) is 23.4 Å². The Morgan fingerprint density at radius 1 is 1.18 bits per heavy atom. The minimum atomic E-state index is -0.368. The van der Waals surface area contributed by atoms with Crippen LogP contribution in [-0.2, 0) is 35.3 Å². The number of amides is 1. The van der Waals surface area contributed by atoms with E-state index in [4.69, 9.17) is 32.7 Å². The zero-order valence-corrected chi connectivity index (χ0v) is 24.5. The van der Waals surface area contributed by atoms with E-state index in [1.54, 1.807) is 25.1 Å². The number of anilines is 1. The molecular weight excluding hydrogens is 567 g/mol. The number of thioether (sulfide) groups is 1. The third-order valence-corrected chi connectivity index (χ3v) is 8.75. The zero-order valence-electron chi connectivity index (χ0n) is 21.4. The zero-order chi connectivity index (χ0) is 27.1. The summed E-state index contributed by atoms with van der Waals surface area (Å²) in [4.78, 5) is 26.7. The Labute approximate surface area is 240 Å². The molecule has 2 aromatic heterocycles. The predicted octanol–water partition coefficient (Wildman–Crippen LogP) is 6.46. The number of hydrogen-bond acceptors (Lipinski definition) is 8. The van der Waals surface area contributed by atoms with Gasteiger partial charge in [-0.3, -0.25) is 4.79 Å². The van der Waals surface area contributed by atoms with E-state index in [1.165, 1.54) is 28.0 Å². The summed E-state index contributed by atoms with van der Waals surface area (Å²) in [6, 6.07) is 5.14. The molecule has 1 amide bonds. The molecule has 38 heavy (non-hydrogen) atoms. The average molecular weight is 598 g/mol. The Bertz CT molecular complexity index is 1290. The van der Waals surface area contributed by atoms with Crippen molar-refractivity contribution in [3.63, 3.8) is 0 Å². The minimum Gasteiger partial charge on any atom is -0.492 e. The highest BCUT2D eigenvalue weighted by atomic mass is 35.5. The van der Waals surface area contributed by atoms with Crippen LogP contribution in [-0.4, -0.2) is 45.6 Å². The number of carbonyl (C=O) groups is 2. The number of benzene rings is 1. The summed E-state index contributed by atoms with van der Waals surface area (Å²) in [7, 11) is 0. The number of aromatic nitrogens is 3. The van der Waals surface area contributed by atoms with Crippen molar-refractivity contribution >= 4 is 63.2 Å². The largest absolute Gasteiger partial charge is 0.492 e. The van der Waals surface area contributed by atoms with Gasteiger partial charge in [0.2, 0.25) is 5.91 Å². The van der Waals surface area contributed by atoms with Crippen molar-refractivity contribution in [1.82, 2.24) is 14.8 Å². The van der Waals surface area contributed by atoms with Gasteiger partial charge in [-0.2, -0.15) is 0 Å². The first-order valence-electron chi connectivity index (χ1n) is 12.6. The van der Waals surface area contributed by atoms with Gasteiger partial charge >= 0.3 is 5.97 Å². The van der Waals surface area contributed by atoms with Crippen LogP contribution in [0.3, 0.4) is 0 Å². The third-order valence-electron chi connectivity index (χ3n) is 6.04. The number of aryl methyl sites for hydroxylation is 2. The summed E-state index contributed by atoms with van der Waals surface area (Å²) in [5.74, 6) is 1.01. The number of halogens is 2. The smallest absolute Gasteiger partial charge is 0.341 e. The van der Waals surface area contributed by atoms with E-state index in [9.17, 15) is 9.59 Å². The van der Waals surface area contributed by atoms with Crippen molar-refractivity contribution < 1.29 is 19.1 Å². The fourth-order valence-electron chi connectivity index (χ4n) is 4.30. The van der Waals surface area contributed by atoms with Crippen LogP contribution in [0.1, 0.15) is 59.7 Å². The van der Waals surface area contributed by atoms with Gasteiger partial charge in [0.1, 0.15) is 16.6 Å². The van der Waals surface area contributed by atoms with Gasteiger partial charge in [0.15, 0.2) is 5.16 Å². The molecule has 1 aromatic carbocycles. The van der Waals surface area contributed by atoms with Crippen molar-refractivity contribution in [3.8, 4) is 5.75 Å². The Morgan fingerprint density at radius 2 is 2.00 bits per heavy atom. The lowest BCUT2D eigenvalue weighted by molar-refractivity contribution is -0.113. The Balaban J connectivity index is 1.32. The van der Waals surface area contributed by atoms with Crippen LogP contribution in [0, 0.1) is 0 Å². The number of ether oxygens (including phenoxy) is 2. The molecule has 0 saturated heterocycles. The normalized spacial score (nSPS) is 12.7. The summed E-state index contributed by atoms with van der Waals surface area (Å²) in [5, 5.41) is 13.9. The van der Waals surface area contributed by atoms with Crippen molar-refractivity contribution in [3.05, 3.63) is 50.1 Å². The molecule has 0 aliphatic heterocycles. The topological polar surface area (TPSA) is 95.3 Å². The van der Waals surface area contributed by atoms with Crippen molar-refractivity contribution in [2.24, 2.45) is 0 Å². The van der Waals surface area contributed by atoms with E-state index in [1.807, 2.05) is 11.5 Å². The summed E-state index contributed by atoms with van der Waals surface area (Å²) < 4.78 is 13.0. The van der Waals surface area contributed by atoms with Gasteiger partial charge in [0.05, 0.1) is 29.6 Å². The molecule has 0 fully saturated rings. The van der Waals surface area contributed by atoms with Crippen molar-refractivity contribution in [2.75, 3.05) is 24.3 Å². The summed E-state index contributed by atoms with van der Waals surface area (Å²) >= 11 is 14.9. The van der Waals surface area contributed by atoms with Crippen LogP contribution >= 0.6 is 46.3 Å². The number of esters is 1. The second-order valence-corrected chi connectivity index (χ2v) is 11.5. The number of nitrogens with one attached hydrogen (secondary N) is 1. The molecule has 12 heteroatoms. The molecule has 1 aliphatic rings. The highest BCUT2D eigenvalue weighted by Crippen LogP contribution is 2.38. The van der Waals surface area contributed by atoms with E-state index < -0.39 is 0 Å². The molecule has 204 valence electrons. The van der Waals surface area contributed by atoms with Crippen LogP contribution < -0.4 is 10.1 Å². The quantitative estimate of drug-likeness (QED) is 0.145. The van der Waals surface area contributed by atoms with Crippen molar-refractivity contribution in [1.29, 1.82) is 0 Å². The minimum absolute atomic E-state index is 0.154. The van der Waals surface area contributed by atoms with Gasteiger partial charge in [-0.25, -0.2) is 4.79 Å². The number of rotatable bonds is 12. The Morgan fingerprint density at radius 3 is 2.76 bits per heavy atom. The van der Waals surface area contributed by atoms with Gasteiger partial charge in [0, 0.05) is 22.9 Å². The SMILES string of the molecule is CCOC(=O)c1c(NC(=O)CSc2nnc(CCCOc3ccc(Cl)cc3Cl)n2CC)sc2c1CCCC2. The molecule has 0 unspecified atom stereocenters. The molecule has 0 spiro atoms. The van der Waals surface area contributed by atoms with E-state index >= 15 is 0 Å². The molecule has 3 aromatic rings. The fourth-order valence-corrected chi connectivity index (χ4v) is 6.88. The van der Waals surface area contributed by atoms with Gasteiger partial charge in [-0.1, -0.05) is 35.0 Å². The monoisotopic (exact) mass is 596 g/mol. The molecule has 8 nitrogen and oxygen atoms in total. The van der Waals surface area contributed by atoms with Crippen LogP contribution in [0.2, 0.25) is 10.0 Å². The van der Waals surface area contributed by atoms with E-state index in [-0.39, 0.29) is 17.6 Å². The molecule has 0 radical (unpaired) electrons. The van der Waals surface area contributed by atoms with E-state index in [0.29, 0.717) is 57.7 Å². The number of fused-ring (bicyclic) bond motifs is 1. The van der Waals surface area contributed by atoms with E-state index in [2.05, 4.69) is 15.5 Å². The fraction of sp³-hybridized carbons (Fsp3) is 0.462. The van der Waals surface area contributed by atoms with Gasteiger partial charge in [-0.05, 0) is 69.7 Å². The maximum atomic E-state index is 12.9. The molecule has 0 atom stereocenters. The molecule has 1 aliphatic carbocycles. The molecular formula is C26H30Cl2N4O4S2. The lowest BCUT2D eigenvalue weighted by Crippen LogP contribution is -2.17. The highest BCUT2D eigenvalue weighted by Gasteiger charge is 2.27. The van der Waals surface area contributed by atoms with Gasteiger partial charge < -0.3 is 19.4 Å².